The van der Waals surface area contributed by atoms with Gasteiger partial charge in [0.05, 0.1) is 6.10 Å². The zero-order valence-corrected chi connectivity index (χ0v) is 6.68. The molecule has 0 bridgehead atoms. The van der Waals surface area contributed by atoms with Crippen molar-refractivity contribution in [2.45, 2.75) is 38.2 Å². The summed E-state index contributed by atoms with van der Waals surface area (Å²) in [6, 6.07) is 0. The van der Waals surface area contributed by atoms with Crippen LogP contribution in [0, 0.1) is 0 Å². The average Bonchev–Trinajstić information content (AvgIpc) is 1.69. The summed E-state index contributed by atoms with van der Waals surface area (Å²) < 4.78 is 0. The maximum Gasteiger partial charge on any atom is 2.00 e. The number of rotatable bonds is 0. The van der Waals surface area contributed by atoms with Crippen molar-refractivity contribution in [2.75, 3.05) is 0 Å². The molecule has 1 rings (SSSR count). The van der Waals surface area contributed by atoms with Crippen LogP contribution in [-0.4, -0.2) is 34.3 Å². The molecule has 0 saturated heterocycles. The first-order chi connectivity index (χ1) is 3.39. The zero-order valence-electron chi connectivity index (χ0n) is 7.27. The zero-order chi connectivity index (χ0) is 5.11. The first-order valence-electron chi connectivity index (χ1n) is 3.07. The van der Waals surface area contributed by atoms with Crippen molar-refractivity contribution in [1.82, 2.24) is 0 Å². The van der Waals surface area contributed by atoms with Crippen molar-refractivity contribution in [2.24, 2.45) is 0 Å². The monoisotopic (exact) mass is 126 g/mol. The number of aliphatic hydroxyl groups is 1. The molecular weight excluding hydrogens is 112 g/mol. The Bertz CT molecular complexity index is 57.7. The minimum absolute atomic E-state index is 0. The Morgan fingerprint density at radius 1 is 1.12 bits per heavy atom. The van der Waals surface area contributed by atoms with Gasteiger partial charge in [-0.3, -0.25) is 0 Å². The van der Waals surface area contributed by atoms with E-state index >= 15 is 0 Å². The molecule has 1 aliphatic rings. The van der Waals surface area contributed by atoms with E-state index in [9.17, 15) is 0 Å². The van der Waals surface area contributed by atoms with Gasteiger partial charge in [-0.15, -0.1) is 0 Å². The molecule has 0 atom stereocenters. The van der Waals surface area contributed by atoms with Crippen molar-refractivity contribution in [3.63, 3.8) is 0 Å². The van der Waals surface area contributed by atoms with Crippen molar-refractivity contribution in [3.8, 4) is 0 Å². The van der Waals surface area contributed by atoms with Gasteiger partial charge in [0.25, 0.3) is 0 Å². The Kier molecular flexibility index (Phi) is 5.01. The summed E-state index contributed by atoms with van der Waals surface area (Å²) in [5.41, 5.74) is 0. The van der Waals surface area contributed by atoms with Crippen LogP contribution in [0.2, 0.25) is 0 Å². The molecule has 0 aromatic heterocycles. The molecule has 1 N–H and O–H groups in total. The molecule has 0 unspecified atom stereocenters. The molecule has 0 heterocycles. The van der Waals surface area contributed by atoms with E-state index < -0.39 is 0 Å². The fourth-order valence-electron chi connectivity index (χ4n) is 1.08. The summed E-state index contributed by atoms with van der Waals surface area (Å²) in [4.78, 5) is 0. The molecule has 0 radical (unpaired) electrons. The van der Waals surface area contributed by atoms with Crippen molar-refractivity contribution in [1.29, 1.82) is 0 Å². The maximum atomic E-state index is 8.91. The van der Waals surface area contributed by atoms with Gasteiger partial charge in [-0.25, -0.2) is 0 Å². The number of hydrogen-bond donors (Lipinski definition) is 1. The van der Waals surface area contributed by atoms with Gasteiger partial charge in [0.2, 0.25) is 0 Å². The van der Waals surface area contributed by atoms with Crippen LogP contribution in [-0.2, 0) is 0 Å². The van der Waals surface area contributed by atoms with Gasteiger partial charge in [-0.05, 0) is 12.8 Å². The third-order valence-electron chi connectivity index (χ3n) is 1.57. The van der Waals surface area contributed by atoms with Crippen LogP contribution in [0.25, 0.3) is 0 Å². The third-order valence-corrected chi connectivity index (χ3v) is 1.57. The van der Waals surface area contributed by atoms with E-state index in [0.29, 0.717) is 0 Å². The fourth-order valence-corrected chi connectivity index (χ4v) is 1.08. The van der Waals surface area contributed by atoms with Crippen LogP contribution >= 0.6 is 0 Å². The summed E-state index contributed by atoms with van der Waals surface area (Å²) in [6.07, 6.45) is 5.92. The second-order valence-corrected chi connectivity index (χ2v) is 2.29. The van der Waals surface area contributed by atoms with Crippen LogP contribution in [0.4, 0.5) is 0 Å². The summed E-state index contributed by atoms with van der Waals surface area (Å²) >= 11 is 0. The predicted molar refractivity (Wildman–Crippen MR) is 37.1 cm³/mol. The van der Waals surface area contributed by atoms with E-state index in [0.717, 1.165) is 12.8 Å². The van der Waals surface area contributed by atoms with E-state index in [4.69, 9.17) is 5.11 Å². The Morgan fingerprint density at radius 2 is 1.62 bits per heavy atom. The molecule has 0 amide bonds. The van der Waals surface area contributed by atoms with Gasteiger partial charge in [0.1, 0.15) is 0 Å². The second kappa shape index (κ2) is 4.59. The molecule has 0 aromatic carbocycles. The molecule has 0 aromatic rings. The van der Waals surface area contributed by atoms with Crippen molar-refractivity contribution < 1.29 is 7.96 Å². The molecule has 1 saturated carbocycles. The van der Waals surface area contributed by atoms with Crippen LogP contribution in [0.3, 0.4) is 0 Å². The Hall–Kier alpha value is 0.726. The molecule has 46 valence electrons. The average molecular weight is 126 g/mol. The van der Waals surface area contributed by atoms with Gasteiger partial charge in [0.15, 0.2) is 0 Å². The quantitative estimate of drug-likeness (QED) is 0.483. The third kappa shape index (κ3) is 2.90. The van der Waals surface area contributed by atoms with Gasteiger partial charge in [0, 0.05) is 0 Å². The molecule has 1 aliphatic carbocycles. The first-order valence-corrected chi connectivity index (χ1v) is 3.07. The minimum Gasteiger partial charge on any atom is -1.00 e. The van der Waals surface area contributed by atoms with E-state index in [1.165, 1.54) is 19.3 Å². The Labute approximate surface area is 69.6 Å². The molecule has 2 heteroatoms. The molecule has 0 aliphatic heterocycles. The minimum atomic E-state index is 0. The topological polar surface area (TPSA) is 20.2 Å². The van der Waals surface area contributed by atoms with E-state index in [1.54, 1.807) is 0 Å². The molecule has 1 fully saturated rings. The Balaban J connectivity index is -0.000000163. The summed E-state index contributed by atoms with van der Waals surface area (Å²) in [6.45, 7) is 0. The van der Waals surface area contributed by atoms with Crippen LogP contribution in [0.1, 0.15) is 35.0 Å². The molecule has 1 nitrogen and oxygen atoms in total. The van der Waals surface area contributed by atoms with Gasteiger partial charge in [-0.2, -0.15) is 0 Å². The van der Waals surface area contributed by atoms with Gasteiger partial charge >= 0.3 is 23.1 Å². The fraction of sp³-hybridized carbons (Fsp3) is 1.00. The first kappa shape index (κ1) is 8.73. The molecule has 8 heavy (non-hydrogen) atoms. The summed E-state index contributed by atoms with van der Waals surface area (Å²) in [7, 11) is 0. The van der Waals surface area contributed by atoms with E-state index in [-0.39, 0.29) is 32.0 Å². The molecular formula is C6H14MgO. The summed E-state index contributed by atoms with van der Waals surface area (Å²) in [5.74, 6) is 0. The largest absolute Gasteiger partial charge is 2.00 e. The van der Waals surface area contributed by atoms with Crippen LogP contribution < -0.4 is 0 Å². The smallest absolute Gasteiger partial charge is 1.00 e. The van der Waals surface area contributed by atoms with Crippen LogP contribution in [0.5, 0.6) is 0 Å². The van der Waals surface area contributed by atoms with Gasteiger partial charge < -0.3 is 7.96 Å². The standard InChI is InChI=1S/C6H12O.Mg.2H/c7-6-4-2-1-3-5-6;;;/h6-7H,1-5H2;;;/q;+2;2*-1. The number of aliphatic hydroxyl groups excluding tert-OH is 1. The normalized spacial score (nSPS) is 22.1. The SMILES string of the molecule is OC1CCCCC1.[H-].[H-].[Mg+2]. The number of hydrogen-bond acceptors (Lipinski definition) is 1. The van der Waals surface area contributed by atoms with Crippen LogP contribution in [0.15, 0.2) is 0 Å². The predicted octanol–water partition coefficient (Wildman–Crippen LogP) is 1.16. The van der Waals surface area contributed by atoms with Crippen molar-refractivity contribution in [3.05, 3.63) is 0 Å². The van der Waals surface area contributed by atoms with E-state index in [2.05, 4.69) is 0 Å². The summed E-state index contributed by atoms with van der Waals surface area (Å²) in [5, 5.41) is 8.91. The van der Waals surface area contributed by atoms with Crippen molar-refractivity contribution >= 4 is 23.1 Å². The molecule has 0 spiro atoms. The van der Waals surface area contributed by atoms with Gasteiger partial charge in [-0.1, -0.05) is 19.3 Å². The Morgan fingerprint density at radius 3 is 1.88 bits per heavy atom. The second-order valence-electron chi connectivity index (χ2n) is 2.29. The van der Waals surface area contributed by atoms with E-state index in [1.807, 2.05) is 0 Å². The maximum absolute atomic E-state index is 8.91.